The number of benzene rings is 1. The van der Waals surface area contributed by atoms with E-state index >= 15 is 0 Å². The van der Waals surface area contributed by atoms with E-state index in [1.807, 2.05) is 12.1 Å². The van der Waals surface area contributed by atoms with Gasteiger partial charge >= 0.3 is 6.36 Å². The highest BCUT2D eigenvalue weighted by molar-refractivity contribution is 5.92. The maximum absolute atomic E-state index is 12.1. The summed E-state index contributed by atoms with van der Waals surface area (Å²) >= 11 is 0. The average molecular weight is 335 g/mol. The van der Waals surface area contributed by atoms with Gasteiger partial charge in [-0.1, -0.05) is 18.2 Å². The van der Waals surface area contributed by atoms with Crippen molar-refractivity contribution in [3.63, 3.8) is 0 Å². The molecule has 0 atom stereocenters. The number of alkyl halides is 3. The Morgan fingerprint density at radius 3 is 2.58 bits per heavy atom. The normalized spacial score (nSPS) is 11.5. The van der Waals surface area contributed by atoms with Crippen LogP contribution in [0.25, 0.3) is 5.65 Å². The number of imidazole rings is 1. The molecule has 2 heterocycles. The Morgan fingerprint density at radius 2 is 1.92 bits per heavy atom. The molecule has 124 valence electrons. The summed E-state index contributed by atoms with van der Waals surface area (Å²) in [7, 11) is 0. The number of ether oxygens (including phenoxy) is 1. The molecule has 0 saturated carbocycles. The lowest BCUT2D eigenvalue weighted by Gasteiger charge is -2.09. The first-order chi connectivity index (χ1) is 11.4. The third-order valence-electron chi connectivity index (χ3n) is 3.21. The second-order valence-electron chi connectivity index (χ2n) is 4.97. The third kappa shape index (κ3) is 3.83. The van der Waals surface area contributed by atoms with Gasteiger partial charge in [0, 0.05) is 18.9 Å². The fourth-order valence-electron chi connectivity index (χ4n) is 2.13. The predicted octanol–water partition coefficient (Wildman–Crippen LogP) is 3.16. The van der Waals surface area contributed by atoms with E-state index < -0.39 is 6.36 Å². The maximum atomic E-state index is 12.1. The number of hydrogen-bond donors (Lipinski definition) is 1. The van der Waals surface area contributed by atoms with Gasteiger partial charge in [0.15, 0.2) is 0 Å². The minimum Gasteiger partial charge on any atom is -0.406 e. The van der Waals surface area contributed by atoms with E-state index in [9.17, 15) is 18.0 Å². The summed E-state index contributed by atoms with van der Waals surface area (Å²) in [5.41, 5.74) is 1.55. The average Bonchev–Trinajstić information content (AvgIpc) is 2.96. The number of carbonyl (C=O) groups excluding carboxylic acids is 1. The Morgan fingerprint density at radius 1 is 1.17 bits per heavy atom. The van der Waals surface area contributed by atoms with Gasteiger partial charge in [0.05, 0.1) is 0 Å². The van der Waals surface area contributed by atoms with E-state index in [2.05, 4.69) is 15.0 Å². The molecule has 24 heavy (non-hydrogen) atoms. The fourth-order valence-corrected chi connectivity index (χ4v) is 2.13. The number of carbonyl (C=O) groups is 1. The van der Waals surface area contributed by atoms with E-state index in [1.54, 1.807) is 22.9 Å². The summed E-state index contributed by atoms with van der Waals surface area (Å²) in [4.78, 5) is 16.3. The zero-order chi connectivity index (χ0) is 17.2. The van der Waals surface area contributed by atoms with Crippen LogP contribution in [0.3, 0.4) is 0 Å². The van der Waals surface area contributed by atoms with E-state index in [0.29, 0.717) is 11.2 Å². The van der Waals surface area contributed by atoms with Gasteiger partial charge in [-0.15, -0.1) is 13.2 Å². The van der Waals surface area contributed by atoms with Gasteiger partial charge in [-0.05, 0) is 29.8 Å². The van der Waals surface area contributed by atoms with Crippen molar-refractivity contribution in [2.24, 2.45) is 0 Å². The molecule has 8 heteroatoms. The van der Waals surface area contributed by atoms with Crippen molar-refractivity contribution in [1.29, 1.82) is 0 Å². The summed E-state index contributed by atoms with van der Waals surface area (Å²) < 4.78 is 41.8. The number of pyridine rings is 1. The first-order valence-corrected chi connectivity index (χ1v) is 6.97. The number of aromatic nitrogens is 2. The molecular weight excluding hydrogens is 323 g/mol. The van der Waals surface area contributed by atoms with Crippen LogP contribution in [-0.2, 0) is 6.54 Å². The lowest BCUT2D eigenvalue weighted by atomic mass is 10.2. The van der Waals surface area contributed by atoms with Crippen molar-refractivity contribution in [1.82, 2.24) is 14.7 Å². The summed E-state index contributed by atoms with van der Waals surface area (Å²) in [6.45, 7) is 0.166. The van der Waals surface area contributed by atoms with Crippen molar-refractivity contribution in [2.75, 3.05) is 0 Å². The molecule has 3 aromatic rings. The van der Waals surface area contributed by atoms with Crippen LogP contribution in [0.4, 0.5) is 13.2 Å². The lowest BCUT2D eigenvalue weighted by molar-refractivity contribution is -0.274. The van der Waals surface area contributed by atoms with Gasteiger partial charge in [-0.25, -0.2) is 4.98 Å². The molecule has 0 bridgehead atoms. The molecule has 0 unspecified atom stereocenters. The second kappa shape index (κ2) is 6.23. The smallest absolute Gasteiger partial charge is 0.406 e. The minimum absolute atomic E-state index is 0.166. The number of hydrogen-bond acceptors (Lipinski definition) is 3. The first kappa shape index (κ1) is 15.9. The highest BCUT2D eigenvalue weighted by Gasteiger charge is 2.30. The largest absolute Gasteiger partial charge is 0.573 e. The van der Waals surface area contributed by atoms with Crippen LogP contribution in [0.1, 0.15) is 16.1 Å². The van der Waals surface area contributed by atoms with Crippen molar-refractivity contribution in [3.05, 3.63) is 66.1 Å². The Kier molecular flexibility index (Phi) is 4.11. The standard InChI is InChI=1S/C16H12F3N3O2/c17-16(18,19)24-12-6-4-11(5-7-12)9-20-15(23)13-10-22-8-2-1-3-14(22)21-13/h1-8,10H,9H2,(H,20,23). The van der Waals surface area contributed by atoms with Gasteiger partial charge < -0.3 is 14.5 Å². The van der Waals surface area contributed by atoms with Crippen LogP contribution >= 0.6 is 0 Å². The van der Waals surface area contributed by atoms with Gasteiger partial charge in [-0.2, -0.15) is 0 Å². The zero-order valence-electron chi connectivity index (χ0n) is 12.2. The van der Waals surface area contributed by atoms with E-state index in [4.69, 9.17) is 0 Å². The van der Waals surface area contributed by atoms with E-state index in [0.717, 1.165) is 0 Å². The molecule has 1 aromatic carbocycles. The predicted molar refractivity (Wildman–Crippen MR) is 79.5 cm³/mol. The summed E-state index contributed by atoms with van der Waals surface area (Å²) in [5, 5.41) is 2.67. The molecule has 0 saturated heterocycles. The van der Waals surface area contributed by atoms with Crippen LogP contribution < -0.4 is 10.1 Å². The van der Waals surface area contributed by atoms with Crippen LogP contribution in [0.2, 0.25) is 0 Å². The monoisotopic (exact) mass is 335 g/mol. The summed E-state index contributed by atoms with van der Waals surface area (Å²) in [5.74, 6) is -0.674. The Balaban J connectivity index is 1.61. The minimum atomic E-state index is -4.72. The van der Waals surface area contributed by atoms with Crippen LogP contribution in [0.15, 0.2) is 54.9 Å². The van der Waals surface area contributed by atoms with Crippen molar-refractivity contribution < 1.29 is 22.7 Å². The number of halogens is 3. The van der Waals surface area contributed by atoms with Crippen LogP contribution in [0, 0.1) is 0 Å². The highest BCUT2D eigenvalue weighted by atomic mass is 19.4. The van der Waals surface area contributed by atoms with Crippen molar-refractivity contribution >= 4 is 11.6 Å². The van der Waals surface area contributed by atoms with Crippen molar-refractivity contribution in [3.8, 4) is 5.75 Å². The van der Waals surface area contributed by atoms with Crippen molar-refractivity contribution in [2.45, 2.75) is 12.9 Å². The van der Waals surface area contributed by atoms with E-state index in [-0.39, 0.29) is 23.9 Å². The Bertz CT molecular complexity index is 824. The SMILES string of the molecule is O=C(NCc1ccc(OC(F)(F)F)cc1)c1cn2ccccc2n1. The fraction of sp³-hybridized carbons (Fsp3) is 0.125. The number of fused-ring (bicyclic) bond motifs is 1. The maximum Gasteiger partial charge on any atom is 0.573 e. The molecule has 0 fully saturated rings. The van der Waals surface area contributed by atoms with Gasteiger partial charge in [0.25, 0.3) is 5.91 Å². The third-order valence-corrected chi connectivity index (χ3v) is 3.21. The highest BCUT2D eigenvalue weighted by Crippen LogP contribution is 2.22. The molecular formula is C16H12F3N3O2. The Labute approximate surface area is 134 Å². The van der Waals surface area contributed by atoms with Crippen LogP contribution in [0.5, 0.6) is 5.75 Å². The summed E-state index contributed by atoms with van der Waals surface area (Å²) in [6, 6.07) is 10.7. The molecule has 0 aliphatic carbocycles. The zero-order valence-corrected chi connectivity index (χ0v) is 12.2. The summed E-state index contributed by atoms with van der Waals surface area (Å²) in [6.07, 6.45) is -1.34. The Hall–Kier alpha value is -3.03. The van der Waals surface area contributed by atoms with Crippen LogP contribution in [-0.4, -0.2) is 21.7 Å². The number of amides is 1. The molecule has 5 nitrogen and oxygen atoms in total. The van der Waals surface area contributed by atoms with Gasteiger partial charge in [-0.3, -0.25) is 4.79 Å². The molecule has 3 rings (SSSR count). The second-order valence-corrected chi connectivity index (χ2v) is 4.97. The molecule has 0 spiro atoms. The molecule has 1 N–H and O–H groups in total. The molecule has 1 amide bonds. The quantitative estimate of drug-likeness (QED) is 0.797. The lowest BCUT2D eigenvalue weighted by Crippen LogP contribution is -2.23. The molecule has 0 aliphatic rings. The van der Waals surface area contributed by atoms with Gasteiger partial charge in [0.2, 0.25) is 0 Å². The van der Waals surface area contributed by atoms with Gasteiger partial charge in [0.1, 0.15) is 17.1 Å². The molecule has 0 aliphatic heterocycles. The molecule has 2 aromatic heterocycles. The molecule has 0 radical (unpaired) electrons. The topological polar surface area (TPSA) is 55.6 Å². The number of nitrogens with zero attached hydrogens (tertiary/aromatic N) is 2. The van der Waals surface area contributed by atoms with E-state index in [1.165, 1.54) is 24.3 Å². The number of rotatable bonds is 4. The first-order valence-electron chi connectivity index (χ1n) is 6.97. The number of nitrogens with one attached hydrogen (secondary N) is 1.